The van der Waals surface area contributed by atoms with Gasteiger partial charge in [-0.05, 0) is 22.9 Å². The molecule has 0 atom stereocenters. The Morgan fingerprint density at radius 1 is 1.00 bits per heavy atom. The minimum absolute atomic E-state index is 0. The first-order chi connectivity index (χ1) is 11.7. The predicted octanol–water partition coefficient (Wildman–Crippen LogP) is 4.95. The number of pyridine rings is 1. The molecule has 6 heteroatoms. The Bertz CT molecular complexity index is 1250. The molecular formula is C21H18N4PtY. The molecule has 3 heterocycles. The Kier molecular flexibility index (Phi) is 6.89. The molecule has 5 aromatic rings. The number of fused-ring (bicyclic) bond motifs is 8. The summed E-state index contributed by atoms with van der Waals surface area (Å²) in [6.45, 7) is 4.43. The second kappa shape index (κ2) is 8.43. The van der Waals surface area contributed by atoms with Crippen molar-refractivity contribution in [1.29, 1.82) is 0 Å². The summed E-state index contributed by atoms with van der Waals surface area (Å²) in [6, 6.07) is 16.1. The van der Waals surface area contributed by atoms with Gasteiger partial charge in [0.25, 0.3) is 0 Å². The van der Waals surface area contributed by atoms with Crippen LogP contribution in [-0.4, -0.2) is 19.4 Å². The molecule has 0 aliphatic heterocycles. The first kappa shape index (κ1) is 22.1. The fourth-order valence-corrected chi connectivity index (χ4v) is 3.38. The van der Waals surface area contributed by atoms with Crippen LogP contribution in [0.5, 0.6) is 0 Å². The van der Waals surface area contributed by atoms with Crippen molar-refractivity contribution in [3.05, 3.63) is 67.8 Å². The zero-order chi connectivity index (χ0) is 16.3. The Morgan fingerprint density at radius 3 is 2.56 bits per heavy atom. The largest absolute Gasteiger partial charge is 2.00 e. The van der Waals surface area contributed by atoms with E-state index in [4.69, 9.17) is 4.98 Å². The van der Waals surface area contributed by atoms with E-state index in [1.807, 2.05) is 12.1 Å². The van der Waals surface area contributed by atoms with E-state index >= 15 is 0 Å². The summed E-state index contributed by atoms with van der Waals surface area (Å²) in [5.41, 5.74) is 4.73. The first-order valence-corrected chi connectivity index (χ1v) is 8.09. The van der Waals surface area contributed by atoms with Crippen molar-refractivity contribution in [3.63, 3.8) is 0 Å². The zero-order valence-electron chi connectivity index (χ0n) is 15.4. The van der Waals surface area contributed by atoms with Crippen LogP contribution in [0, 0.1) is 13.5 Å². The number of hydrogen-bond donors (Lipinski definition) is 0. The molecule has 3 aromatic heterocycles. The van der Waals surface area contributed by atoms with E-state index in [0.29, 0.717) is 11.6 Å². The van der Waals surface area contributed by atoms with Crippen molar-refractivity contribution in [2.45, 2.75) is 19.8 Å². The molecule has 4 nitrogen and oxygen atoms in total. The van der Waals surface area contributed by atoms with Gasteiger partial charge in [0, 0.05) is 50.6 Å². The van der Waals surface area contributed by atoms with Gasteiger partial charge in [-0.3, -0.25) is 4.98 Å². The average molecular weight is 610 g/mol. The van der Waals surface area contributed by atoms with Crippen molar-refractivity contribution in [2.75, 3.05) is 0 Å². The molecule has 0 amide bonds. The van der Waals surface area contributed by atoms with Crippen molar-refractivity contribution >= 4 is 38.6 Å². The Morgan fingerprint density at radius 2 is 1.78 bits per heavy atom. The molecule has 0 aliphatic rings. The van der Waals surface area contributed by atoms with E-state index in [1.54, 1.807) is 12.4 Å². The predicted molar refractivity (Wildman–Crippen MR) is 103 cm³/mol. The number of benzene rings is 2. The Labute approximate surface area is 197 Å². The Balaban J connectivity index is 0.000000871. The second-order valence-corrected chi connectivity index (χ2v) is 6.36. The van der Waals surface area contributed by atoms with E-state index in [9.17, 15) is 0 Å². The number of rotatable bonds is 1. The molecule has 0 unspecified atom stereocenters. The maximum Gasteiger partial charge on any atom is 2.00 e. The van der Waals surface area contributed by atoms with Gasteiger partial charge in [0.15, 0.2) is 11.3 Å². The van der Waals surface area contributed by atoms with Gasteiger partial charge in [-0.25, -0.2) is 9.97 Å². The van der Waals surface area contributed by atoms with Crippen LogP contribution in [0.1, 0.15) is 25.3 Å². The summed E-state index contributed by atoms with van der Waals surface area (Å²) in [5, 5.41) is 3.37. The third kappa shape index (κ3) is 3.37. The van der Waals surface area contributed by atoms with Gasteiger partial charge >= 0.3 is 21.1 Å². The maximum atomic E-state index is 4.71. The summed E-state index contributed by atoms with van der Waals surface area (Å²) in [6.07, 6.45) is 3.39. The molecule has 0 saturated carbocycles. The van der Waals surface area contributed by atoms with Crippen LogP contribution in [0.4, 0.5) is 0 Å². The molecule has 0 bridgehead atoms. The third-order valence-electron chi connectivity index (χ3n) is 4.59. The van der Waals surface area contributed by atoms with Crippen LogP contribution in [0.15, 0.2) is 48.8 Å². The van der Waals surface area contributed by atoms with Crippen LogP contribution in [-0.2, 0) is 53.8 Å². The van der Waals surface area contributed by atoms with Gasteiger partial charge in [-0.15, -0.1) is 29.7 Å². The monoisotopic (exact) mass is 610 g/mol. The quantitative estimate of drug-likeness (QED) is 0.199. The summed E-state index contributed by atoms with van der Waals surface area (Å²) in [5.74, 6) is 0.479. The molecule has 0 N–H and O–H groups in total. The van der Waals surface area contributed by atoms with Gasteiger partial charge in [0.05, 0.1) is 5.65 Å². The molecule has 1 radical (unpaired) electrons. The van der Waals surface area contributed by atoms with Crippen LogP contribution in [0.25, 0.3) is 38.6 Å². The van der Waals surface area contributed by atoms with Crippen LogP contribution in [0.2, 0.25) is 0 Å². The molecule has 27 heavy (non-hydrogen) atoms. The molecule has 0 saturated heterocycles. The summed E-state index contributed by atoms with van der Waals surface area (Å²) < 4.78 is 2.10. The summed E-state index contributed by atoms with van der Waals surface area (Å²) in [4.78, 5) is 13.6. The number of hydrogen-bond acceptors (Lipinski definition) is 3. The van der Waals surface area contributed by atoms with Crippen molar-refractivity contribution in [1.82, 2.24) is 19.4 Å². The zero-order valence-corrected chi connectivity index (χ0v) is 20.5. The molecule has 5 rings (SSSR count). The Hall–Kier alpha value is -1.22. The van der Waals surface area contributed by atoms with Gasteiger partial charge in [0.1, 0.15) is 0 Å². The summed E-state index contributed by atoms with van der Waals surface area (Å²) in [7, 11) is 0. The van der Waals surface area contributed by atoms with Gasteiger partial charge in [0.2, 0.25) is 0 Å². The smallest absolute Gasteiger partial charge is 0.358 e. The van der Waals surface area contributed by atoms with Crippen molar-refractivity contribution in [3.8, 4) is 0 Å². The topological polar surface area (TPSA) is 43.1 Å². The van der Waals surface area contributed by atoms with Gasteiger partial charge in [-0.1, -0.05) is 31.4 Å². The molecule has 2 aromatic carbocycles. The van der Waals surface area contributed by atoms with E-state index in [1.165, 1.54) is 10.9 Å². The molecule has 0 fully saturated rings. The van der Waals surface area contributed by atoms with E-state index in [2.05, 4.69) is 58.5 Å². The third-order valence-corrected chi connectivity index (χ3v) is 4.59. The van der Waals surface area contributed by atoms with Crippen LogP contribution >= 0.6 is 0 Å². The number of imidazole rings is 1. The number of aromatic nitrogens is 4. The molecular weight excluding hydrogens is 592 g/mol. The van der Waals surface area contributed by atoms with Crippen LogP contribution in [0.3, 0.4) is 0 Å². The SMILES string of the molecule is CC(C)c1ccc2c(c1)c1ccc[c-]c1c1nc3nccnc3n21.[CH3-].[Pt+2].[Y]. The fourth-order valence-electron chi connectivity index (χ4n) is 3.38. The van der Waals surface area contributed by atoms with Crippen molar-refractivity contribution in [2.24, 2.45) is 0 Å². The maximum absolute atomic E-state index is 4.71. The van der Waals surface area contributed by atoms with E-state index in [0.717, 1.165) is 27.6 Å². The first-order valence-electron chi connectivity index (χ1n) is 8.09. The van der Waals surface area contributed by atoms with Gasteiger partial charge in [-0.2, -0.15) is 0 Å². The standard InChI is InChI=1S/C20H15N4.CH3.Pt.Y/c1-12(2)13-7-8-17-16(11-13)14-5-3-4-6-15(14)19-23-18-20(24(17)19)22-10-9-21-18;;;/h3-5,7-12H,1-2H3;1H3;;/q2*-1;+2;. The molecule has 135 valence electrons. The van der Waals surface area contributed by atoms with E-state index in [-0.39, 0.29) is 61.2 Å². The summed E-state index contributed by atoms with van der Waals surface area (Å²) >= 11 is 0. The minimum Gasteiger partial charge on any atom is -0.358 e. The fraction of sp³-hybridized carbons (Fsp3) is 0.143. The van der Waals surface area contributed by atoms with Crippen molar-refractivity contribution < 1.29 is 53.8 Å². The minimum atomic E-state index is 0. The second-order valence-electron chi connectivity index (χ2n) is 6.36. The average Bonchev–Trinajstić information content (AvgIpc) is 3.01. The normalized spacial score (nSPS) is 10.8. The van der Waals surface area contributed by atoms with Gasteiger partial charge < -0.3 is 11.8 Å². The van der Waals surface area contributed by atoms with Crippen LogP contribution < -0.4 is 0 Å². The van der Waals surface area contributed by atoms with E-state index < -0.39 is 0 Å². The molecule has 0 aliphatic carbocycles. The molecule has 0 spiro atoms. The number of nitrogens with zero attached hydrogens (tertiary/aromatic N) is 4.